The van der Waals surface area contributed by atoms with E-state index in [0.717, 1.165) is 11.1 Å². The molecule has 0 saturated carbocycles. The van der Waals surface area contributed by atoms with Gasteiger partial charge in [-0.05, 0) is 42.3 Å². The summed E-state index contributed by atoms with van der Waals surface area (Å²) in [6, 6.07) is 12.2. The number of ether oxygens (including phenoxy) is 2. The summed E-state index contributed by atoms with van der Waals surface area (Å²) >= 11 is 0. The Labute approximate surface area is 168 Å². The molecule has 0 fully saturated rings. The van der Waals surface area contributed by atoms with Crippen molar-refractivity contribution in [3.05, 3.63) is 59.2 Å². The third kappa shape index (κ3) is 3.87. The van der Waals surface area contributed by atoms with Crippen LogP contribution in [0.4, 0.5) is 0 Å². The number of aliphatic hydroxyl groups is 1. The average Bonchev–Trinajstić information content (AvgIpc) is 3.27. The molecule has 0 aromatic heterocycles. The van der Waals surface area contributed by atoms with Crippen molar-refractivity contribution >= 4 is 28.1 Å². The molecule has 8 nitrogen and oxygen atoms in total. The monoisotopic (exact) mass is 413 g/mol. The number of nitrogens with zero attached hydrogens (tertiary/aromatic N) is 3. The van der Waals surface area contributed by atoms with E-state index in [0.29, 0.717) is 17.1 Å². The fraction of sp³-hybridized carbons (Fsp3) is 0.200. The largest absolute Gasteiger partial charge is 0.454 e. The van der Waals surface area contributed by atoms with Crippen LogP contribution in [0.1, 0.15) is 18.1 Å². The van der Waals surface area contributed by atoms with Crippen molar-refractivity contribution in [2.75, 3.05) is 19.9 Å². The number of rotatable bonds is 5. The lowest BCUT2D eigenvalue weighted by atomic mass is 10.1. The van der Waals surface area contributed by atoms with Crippen LogP contribution in [0, 0.1) is 0 Å². The SMILES string of the molecule is CC(/C=N/N(CCO)C1=NS(=O)(=O)c2ccccc21)=C\c1ccc2c(c1)OCO2. The summed E-state index contributed by atoms with van der Waals surface area (Å²) in [5.74, 6) is 1.59. The fourth-order valence-corrected chi connectivity index (χ4v) is 4.26. The molecular formula is C20H19N3O5S. The zero-order valence-corrected chi connectivity index (χ0v) is 16.5. The minimum atomic E-state index is -3.76. The van der Waals surface area contributed by atoms with E-state index in [1.54, 1.807) is 24.4 Å². The molecule has 0 aliphatic carbocycles. The van der Waals surface area contributed by atoms with Crippen molar-refractivity contribution in [3.63, 3.8) is 0 Å². The molecule has 0 spiro atoms. The van der Waals surface area contributed by atoms with Crippen molar-refractivity contribution in [1.82, 2.24) is 5.01 Å². The van der Waals surface area contributed by atoms with Gasteiger partial charge in [0.2, 0.25) is 6.79 Å². The molecule has 0 atom stereocenters. The Morgan fingerprint density at radius 1 is 1.24 bits per heavy atom. The highest BCUT2D eigenvalue weighted by atomic mass is 32.2. The molecule has 2 aromatic rings. The summed E-state index contributed by atoms with van der Waals surface area (Å²) in [6.07, 6.45) is 3.50. The first-order chi connectivity index (χ1) is 14.0. The first-order valence-corrected chi connectivity index (χ1v) is 10.4. The van der Waals surface area contributed by atoms with Crippen molar-refractivity contribution < 1.29 is 23.0 Å². The van der Waals surface area contributed by atoms with Gasteiger partial charge < -0.3 is 14.6 Å². The minimum absolute atomic E-state index is 0.108. The smallest absolute Gasteiger partial charge is 0.285 e. The van der Waals surface area contributed by atoms with Gasteiger partial charge in [-0.3, -0.25) is 0 Å². The highest BCUT2D eigenvalue weighted by molar-refractivity contribution is 7.90. The van der Waals surface area contributed by atoms with Gasteiger partial charge in [0.15, 0.2) is 17.3 Å². The molecule has 29 heavy (non-hydrogen) atoms. The first-order valence-electron chi connectivity index (χ1n) is 8.92. The molecule has 4 rings (SSSR count). The van der Waals surface area contributed by atoms with Gasteiger partial charge in [0.25, 0.3) is 10.0 Å². The number of sulfonamides is 1. The van der Waals surface area contributed by atoms with Crippen molar-refractivity contribution in [2.45, 2.75) is 11.8 Å². The van der Waals surface area contributed by atoms with Crippen molar-refractivity contribution in [1.29, 1.82) is 0 Å². The van der Waals surface area contributed by atoms with Crippen LogP contribution in [0.25, 0.3) is 6.08 Å². The van der Waals surface area contributed by atoms with Gasteiger partial charge >= 0.3 is 0 Å². The Balaban J connectivity index is 1.60. The van der Waals surface area contributed by atoms with E-state index in [1.807, 2.05) is 31.2 Å². The quantitative estimate of drug-likeness (QED) is 0.596. The molecule has 2 aliphatic heterocycles. The zero-order chi connectivity index (χ0) is 20.4. The molecule has 0 saturated heterocycles. The summed E-state index contributed by atoms with van der Waals surface area (Å²) in [4.78, 5) is 0.140. The maximum absolute atomic E-state index is 12.3. The number of amidine groups is 1. The van der Waals surface area contributed by atoms with E-state index >= 15 is 0 Å². The van der Waals surface area contributed by atoms with Crippen LogP contribution in [0.3, 0.4) is 0 Å². The lowest BCUT2D eigenvalue weighted by Gasteiger charge is -2.17. The van der Waals surface area contributed by atoms with Gasteiger partial charge in [0, 0.05) is 5.56 Å². The minimum Gasteiger partial charge on any atom is -0.454 e. The van der Waals surface area contributed by atoms with Crippen LogP contribution in [0.5, 0.6) is 11.5 Å². The highest BCUT2D eigenvalue weighted by Crippen LogP contribution is 2.33. The lowest BCUT2D eigenvalue weighted by molar-refractivity contribution is 0.174. The molecule has 2 heterocycles. The number of hydrogen-bond acceptors (Lipinski definition) is 7. The second kappa shape index (κ2) is 7.69. The van der Waals surface area contributed by atoms with E-state index in [1.165, 1.54) is 11.1 Å². The molecule has 0 radical (unpaired) electrons. The van der Waals surface area contributed by atoms with Gasteiger partial charge in [-0.15, -0.1) is 4.40 Å². The third-order valence-corrected chi connectivity index (χ3v) is 5.69. The summed E-state index contributed by atoms with van der Waals surface area (Å²) < 4.78 is 39.1. The summed E-state index contributed by atoms with van der Waals surface area (Å²) in [7, 11) is -3.76. The Kier molecular flexibility index (Phi) is 5.08. The Hall–Kier alpha value is -3.17. The molecular weight excluding hydrogens is 394 g/mol. The average molecular weight is 413 g/mol. The molecule has 2 aliphatic rings. The molecule has 0 unspecified atom stereocenters. The standard InChI is InChI=1S/C20H19N3O5S/c1-14(10-15-6-7-17-18(11-15)28-13-27-17)12-21-23(8-9-24)20-16-4-2-3-5-19(16)29(25,26)22-20/h2-7,10-12,24H,8-9,13H2,1H3/b14-10+,21-12+. The van der Waals surface area contributed by atoms with Crippen LogP contribution >= 0.6 is 0 Å². The van der Waals surface area contributed by atoms with E-state index in [2.05, 4.69) is 9.50 Å². The lowest BCUT2D eigenvalue weighted by Crippen LogP contribution is -2.28. The maximum Gasteiger partial charge on any atom is 0.285 e. The zero-order valence-electron chi connectivity index (χ0n) is 15.6. The Morgan fingerprint density at radius 3 is 2.86 bits per heavy atom. The molecule has 0 bridgehead atoms. The van der Waals surface area contributed by atoms with Gasteiger partial charge in [0.05, 0.1) is 19.4 Å². The summed E-state index contributed by atoms with van der Waals surface area (Å²) in [5.41, 5.74) is 2.20. The predicted octanol–water partition coefficient (Wildman–Crippen LogP) is 2.25. The number of fused-ring (bicyclic) bond motifs is 2. The predicted molar refractivity (Wildman–Crippen MR) is 109 cm³/mol. The number of hydrogen-bond donors (Lipinski definition) is 1. The van der Waals surface area contributed by atoms with Gasteiger partial charge in [0.1, 0.15) is 4.90 Å². The van der Waals surface area contributed by atoms with Gasteiger partial charge in [-0.1, -0.05) is 24.3 Å². The number of hydrazone groups is 1. The second-order valence-corrected chi connectivity index (χ2v) is 8.05. The summed E-state index contributed by atoms with van der Waals surface area (Å²) in [5, 5.41) is 15.2. The summed E-state index contributed by atoms with van der Waals surface area (Å²) in [6.45, 7) is 1.98. The Morgan fingerprint density at radius 2 is 2.03 bits per heavy atom. The maximum atomic E-state index is 12.3. The van der Waals surface area contributed by atoms with Crippen LogP contribution in [-0.2, 0) is 10.0 Å². The Bertz CT molecular complexity index is 1140. The van der Waals surface area contributed by atoms with E-state index < -0.39 is 10.0 Å². The topological polar surface area (TPSA) is 101 Å². The molecule has 1 N–H and O–H groups in total. The van der Waals surface area contributed by atoms with Crippen LogP contribution in [0.15, 0.2) is 62.4 Å². The van der Waals surface area contributed by atoms with E-state index in [9.17, 15) is 13.5 Å². The number of aliphatic hydroxyl groups excluding tert-OH is 1. The van der Waals surface area contributed by atoms with Crippen LogP contribution in [-0.4, -0.2) is 50.5 Å². The molecule has 150 valence electrons. The highest BCUT2D eigenvalue weighted by Gasteiger charge is 2.31. The van der Waals surface area contributed by atoms with E-state index in [-0.39, 0.29) is 30.7 Å². The molecule has 9 heteroatoms. The van der Waals surface area contributed by atoms with Gasteiger partial charge in [-0.25, -0.2) is 5.01 Å². The molecule has 0 amide bonds. The number of benzene rings is 2. The van der Waals surface area contributed by atoms with Crippen LogP contribution < -0.4 is 9.47 Å². The van der Waals surface area contributed by atoms with Gasteiger partial charge in [-0.2, -0.15) is 13.5 Å². The molecule has 2 aromatic carbocycles. The van der Waals surface area contributed by atoms with Crippen molar-refractivity contribution in [2.24, 2.45) is 9.50 Å². The van der Waals surface area contributed by atoms with Crippen LogP contribution in [0.2, 0.25) is 0 Å². The van der Waals surface area contributed by atoms with Crippen molar-refractivity contribution in [3.8, 4) is 11.5 Å². The second-order valence-electron chi connectivity index (χ2n) is 6.48. The normalized spacial score (nSPS) is 16.8. The fourth-order valence-electron chi connectivity index (χ4n) is 3.05. The first kappa shape index (κ1) is 19.2. The third-order valence-electron chi connectivity index (χ3n) is 4.36. The number of allylic oxidation sites excluding steroid dienone is 1. The van der Waals surface area contributed by atoms with E-state index in [4.69, 9.17) is 9.47 Å².